The van der Waals surface area contributed by atoms with Crippen molar-refractivity contribution in [2.24, 2.45) is 5.92 Å². The van der Waals surface area contributed by atoms with Gasteiger partial charge in [-0.25, -0.2) is 8.42 Å². The highest BCUT2D eigenvalue weighted by Crippen LogP contribution is 2.25. The molecule has 3 aromatic rings. The number of nitrogens with two attached hydrogens (primary N) is 1. The van der Waals surface area contributed by atoms with Crippen molar-refractivity contribution in [2.45, 2.75) is 30.8 Å². The van der Waals surface area contributed by atoms with Crippen LogP contribution in [0.2, 0.25) is 0 Å². The molecular weight excluding hydrogens is 402 g/mol. The number of aromatic nitrogens is 4. The fraction of sp³-hybridized carbons (Fsp3) is 0.400. The molecule has 0 amide bonds. The van der Waals surface area contributed by atoms with Gasteiger partial charge in [0.1, 0.15) is 0 Å². The van der Waals surface area contributed by atoms with Gasteiger partial charge in [-0.15, -0.1) is 0 Å². The molecule has 1 atom stereocenters. The standard InChI is InChI=1S/C20H27N7O2S/c21-19-3-5-20(6-4-19)30(28,29)27-7-1-2-16(15-27)12-26(13-17-8-22-23-9-17)14-18-10-24-25-11-18/h3-6,8-11,16H,1-2,7,12-15,21H2,(H,22,23)(H,24,25). The average molecular weight is 430 g/mol. The third-order valence-corrected chi connectivity index (χ3v) is 7.32. The van der Waals surface area contributed by atoms with E-state index in [0.29, 0.717) is 23.7 Å². The smallest absolute Gasteiger partial charge is 0.243 e. The van der Waals surface area contributed by atoms with Gasteiger partial charge < -0.3 is 5.73 Å². The first-order valence-corrected chi connectivity index (χ1v) is 11.5. The van der Waals surface area contributed by atoms with Gasteiger partial charge in [-0.05, 0) is 43.0 Å². The number of rotatable bonds is 8. The van der Waals surface area contributed by atoms with Gasteiger partial charge in [0.05, 0.1) is 17.3 Å². The summed E-state index contributed by atoms with van der Waals surface area (Å²) in [7, 11) is -3.52. The van der Waals surface area contributed by atoms with Crippen LogP contribution in [0.3, 0.4) is 0 Å². The van der Waals surface area contributed by atoms with Crippen LogP contribution in [-0.4, -0.2) is 57.7 Å². The van der Waals surface area contributed by atoms with Crippen LogP contribution in [0.15, 0.2) is 53.9 Å². The van der Waals surface area contributed by atoms with Crippen molar-refractivity contribution in [3.05, 3.63) is 60.2 Å². The van der Waals surface area contributed by atoms with Gasteiger partial charge >= 0.3 is 0 Å². The zero-order valence-corrected chi connectivity index (χ0v) is 17.6. The van der Waals surface area contributed by atoms with Crippen LogP contribution in [0.1, 0.15) is 24.0 Å². The zero-order chi connectivity index (χ0) is 21.0. The number of benzene rings is 1. The maximum Gasteiger partial charge on any atom is 0.243 e. The molecule has 4 rings (SSSR count). The van der Waals surface area contributed by atoms with Crippen LogP contribution in [0.25, 0.3) is 0 Å². The van der Waals surface area contributed by atoms with Crippen molar-refractivity contribution >= 4 is 15.7 Å². The van der Waals surface area contributed by atoms with Crippen molar-refractivity contribution in [1.82, 2.24) is 29.6 Å². The van der Waals surface area contributed by atoms with E-state index >= 15 is 0 Å². The first-order chi connectivity index (χ1) is 14.5. The predicted molar refractivity (Wildman–Crippen MR) is 114 cm³/mol. The van der Waals surface area contributed by atoms with Crippen molar-refractivity contribution in [3.63, 3.8) is 0 Å². The largest absolute Gasteiger partial charge is 0.399 e. The molecule has 3 heterocycles. The fourth-order valence-corrected chi connectivity index (χ4v) is 5.53. The lowest BCUT2D eigenvalue weighted by Gasteiger charge is -2.35. The monoisotopic (exact) mass is 429 g/mol. The molecule has 0 saturated carbocycles. The summed E-state index contributed by atoms with van der Waals surface area (Å²) in [5.41, 5.74) is 8.46. The zero-order valence-electron chi connectivity index (χ0n) is 16.7. The number of sulfonamides is 1. The van der Waals surface area contributed by atoms with E-state index in [0.717, 1.165) is 43.6 Å². The number of piperidine rings is 1. The van der Waals surface area contributed by atoms with Crippen LogP contribution in [0.5, 0.6) is 0 Å². The number of aromatic amines is 2. The van der Waals surface area contributed by atoms with Gasteiger partial charge in [0, 0.05) is 61.9 Å². The van der Waals surface area contributed by atoms with E-state index in [-0.39, 0.29) is 5.92 Å². The SMILES string of the molecule is Nc1ccc(S(=O)(=O)N2CCCC(CN(Cc3cn[nH]c3)Cc3cn[nH]c3)C2)cc1. The summed E-state index contributed by atoms with van der Waals surface area (Å²) in [5, 5.41) is 13.8. The number of anilines is 1. The minimum absolute atomic E-state index is 0.251. The Bertz CT molecular complexity index is 982. The predicted octanol–water partition coefficient (Wildman–Crippen LogP) is 1.82. The lowest BCUT2D eigenvalue weighted by molar-refractivity contribution is 0.167. The molecule has 1 fully saturated rings. The van der Waals surface area contributed by atoms with E-state index in [9.17, 15) is 8.42 Å². The Morgan fingerprint density at radius 2 is 1.70 bits per heavy atom. The summed E-state index contributed by atoms with van der Waals surface area (Å²) < 4.78 is 27.8. The lowest BCUT2D eigenvalue weighted by atomic mass is 9.98. The first kappa shape index (κ1) is 20.6. The van der Waals surface area contributed by atoms with Crippen LogP contribution in [0.4, 0.5) is 5.69 Å². The van der Waals surface area contributed by atoms with Crippen molar-refractivity contribution in [1.29, 1.82) is 0 Å². The molecule has 1 aliphatic rings. The van der Waals surface area contributed by atoms with Crippen molar-refractivity contribution in [3.8, 4) is 0 Å². The van der Waals surface area contributed by atoms with Gasteiger partial charge in [0.15, 0.2) is 0 Å². The maximum atomic E-state index is 13.1. The number of H-pyrrole nitrogens is 2. The van der Waals surface area contributed by atoms with E-state index in [2.05, 4.69) is 25.3 Å². The highest BCUT2D eigenvalue weighted by Gasteiger charge is 2.31. The van der Waals surface area contributed by atoms with Crippen LogP contribution < -0.4 is 5.73 Å². The first-order valence-electron chi connectivity index (χ1n) is 10.0. The van der Waals surface area contributed by atoms with E-state index in [1.54, 1.807) is 28.6 Å². The Hall–Kier alpha value is -2.69. The normalized spacial score (nSPS) is 18.1. The summed E-state index contributed by atoms with van der Waals surface area (Å²) in [6, 6.07) is 6.43. The summed E-state index contributed by atoms with van der Waals surface area (Å²) in [5.74, 6) is 0.251. The Balaban J connectivity index is 1.46. The minimum atomic E-state index is -3.52. The maximum absolute atomic E-state index is 13.1. The molecule has 4 N–H and O–H groups in total. The summed E-state index contributed by atoms with van der Waals surface area (Å²) in [4.78, 5) is 2.62. The van der Waals surface area contributed by atoms with E-state index in [1.165, 1.54) is 0 Å². The molecule has 160 valence electrons. The lowest BCUT2D eigenvalue weighted by Crippen LogP contribution is -2.43. The van der Waals surface area contributed by atoms with Crippen LogP contribution in [-0.2, 0) is 23.1 Å². The molecule has 2 aromatic heterocycles. The molecule has 0 spiro atoms. The Labute approximate surface area is 176 Å². The topological polar surface area (TPSA) is 124 Å². The molecule has 9 nitrogen and oxygen atoms in total. The number of nitrogens with zero attached hydrogens (tertiary/aromatic N) is 4. The highest BCUT2D eigenvalue weighted by atomic mass is 32.2. The number of hydrogen-bond acceptors (Lipinski definition) is 6. The van der Waals surface area contributed by atoms with Crippen LogP contribution >= 0.6 is 0 Å². The molecule has 0 radical (unpaired) electrons. The quantitative estimate of drug-likeness (QED) is 0.469. The summed E-state index contributed by atoms with van der Waals surface area (Å²) in [6.45, 7) is 3.34. The molecule has 10 heteroatoms. The van der Waals surface area contributed by atoms with Gasteiger partial charge in [-0.1, -0.05) is 0 Å². The fourth-order valence-electron chi connectivity index (χ4n) is 3.98. The molecule has 1 saturated heterocycles. The second-order valence-electron chi connectivity index (χ2n) is 7.82. The molecular formula is C20H27N7O2S. The van der Waals surface area contributed by atoms with Crippen molar-refractivity contribution in [2.75, 3.05) is 25.4 Å². The van der Waals surface area contributed by atoms with Gasteiger partial charge in [0.25, 0.3) is 0 Å². The Kier molecular flexibility index (Phi) is 6.16. The third-order valence-electron chi connectivity index (χ3n) is 5.44. The molecule has 1 aliphatic heterocycles. The molecule has 30 heavy (non-hydrogen) atoms. The Morgan fingerprint density at radius 3 is 2.27 bits per heavy atom. The average Bonchev–Trinajstić information content (AvgIpc) is 3.43. The number of hydrogen-bond donors (Lipinski definition) is 3. The molecule has 0 bridgehead atoms. The van der Waals surface area contributed by atoms with Crippen molar-refractivity contribution < 1.29 is 8.42 Å². The third kappa shape index (κ3) is 4.89. The van der Waals surface area contributed by atoms with Gasteiger partial charge in [0.2, 0.25) is 10.0 Å². The molecule has 0 aliphatic carbocycles. The summed E-state index contributed by atoms with van der Waals surface area (Å²) >= 11 is 0. The molecule has 1 unspecified atom stereocenters. The number of nitrogens with one attached hydrogen (secondary N) is 2. The Morgan fingerprint density at radius 1 is 1.07 bits per heavy atom. The van der Waals surface area contributed by atoms with E-state index in [4.69, 9.17) is 5.73 Å². The van der Waals surface area contributed by atoms with E-state index in [1.807, 2.05) is 24.8 Å². The van der Waals surface area contributed by atoms with E-state index < -0.39 is 10.0 Å². The van der Waals surface area contributed by atoms with Crippen LogP contribution in [0, 0.1) is 5.92 Å². The minimum Gasteiger partial charge on any atom is -0.399 e. The van der Waals surface area contributed by atoms with Gasteiger partial charge in [-0.2, -0.15) is 14.5 Å². The summed E-state index contributed by atoms with van der Waals surface area (Å²) in [6.07, 6.45) is 9.27. The molecule has 1 aromatic carbocycles. The highest BCUT2D eigenvalue weighted by molar-refractivity contribution is 7.89. The van der Waals surface area contributed by atoms with Gasteiger partial charge in [-0.3, -0.25) is 15.1 Å². The number of nitrogen functional groups attached to an aromatic ring is 1. The second kappa shape index (κ2) is 8.99. The second-order valence-corrected chi connectivity index (χ2v) is 9.76.